The van der Waals surface area contributed by atoms with Crippen molar-refractivity contribution in [2.45, 2.75) is 6.92 Å². The lowest BCUT2D eigenvalue weighted by atomic mass is 10.0. The van der Waals surface area contributed by atoms with Gasteiger partial charge in [0.25, 0.3) is 5.91 Å². The Balaban J connectivity index is 1.45. The Morgan fingerprint density at radius 1 is 0.852 bits per heavy atom. The van der Waals surface area contributed by atoms with Crippen LogP contribution >= 0.6 is 0 Å². The van der Waals surface area contributed by atoms with Gasteiger partial charge in [0.1, 0.15) is 0 Å². The van der Waals surface area contributed by atoms with Gasteiger partial charge in [0.05, 0.1) is 5.71 Å². The third kappa shape index (κ3) is 3.67. The van der Waals surface area contributed by atoms with E-state index in [4.69, 9.17) is 9.47 Å². The van der Waals surface area contributed by atoms with E-state index in [1.165, 1.54) is 0 Å². The van der Waals surface area contributed by atoms with E-state index in [0.29, 0.717) is 17.1 Å². The second-order valence-corrected chi connectivity index (χ2v) is 6.15. The summed E-state index contributed by atoms with van der Waals surface area (Å²) in [7, 11) is 0. The predicted octanol–water partition coefficient (Wildman–Crippen LogP) is 4.24. The van der Waals surface area contributed by atoms with Crippen molar-refractivity contribution in [1.29, 1.82) is 0 Å². The number of hydrogen-bond acceptors (Lipinski definition) is 4. The number of hydrogen-bond donors (Lipinski definition) is 1. The SMILES string of the molecule is CC(=NNC(=O)c1ccc2c(c1)OCO2)c1ccc(-c2ccccc2)cc1. The van der Waals surface area contributed by atoms with Gasteiger partial charge in [0.15, 0.2) is 11.5 Å². The zero-order valence-corrected chi connectivity index (χ0v) is 14.8. The second kappa shape index (κ2) is 7.33. The number of fused-ring (bicyclic) bond motifs is 1. The number of rotatable bonds is 4. The van der Waals surface area contributed by atoms with E-state index in [9.17, 15) is 4.79 Å². The third-order valence-electron chi connectivity index (χ3n) is 4.37. The molecular weight excluding hydrogens is 340 g/mol. The van der Waals surface area contributed by atoms with Crippen LogP contribution in [0, 0.1) is 0 Å². The highest BCUT2D eigenvalue weighted by molar-refractivity contribution is 6.01. The first-order valence-electron chi connectivity index (χ1n) is 8.61. The Hall–Kier alpha value is -3.60. The van der Waals surface area contributed by atoms with Crippen LogP contribution in [0.2, 0.25) is 0 Å². The first kappa shape index (κ1) is 16.8. The minimum atomic E-state index is -0.298. The molecule has 4 rings (SSSR count). The minimum Gasteiger partial charge on any atom is -0.454 e. The first-order chi connectivity index (χ1) is 13.2. The van der Waals surface area contributed by atoms with E-state index in [0.717, 1.165) is 22.4 Å². The smallest absolute Gasteiger partial charge is 0.271 e. The van der Waals surface area contributed by atoms with Crippen LogP contribution in [0.1, 0.15) is 22.8 Å². The lowest BCUT2D eigenvalue weighted by Gasteiger charge is -2.06. The van der Waals surface area contributed by atoms with Crippen LogP contribution < -0.4 is 14.9 Å². The van der Waals surface area contributed by atoms with E-state index in [-0.39, 0.29) is 12.7 Å². The molecule has 0 fully saturated rings. The molecule has 5 heteroatoms. The molecule has 1 aliphatic rings. The fourth-order valence-corrected chi connectivity index (χ4v) is 2.84. The standard InChI is InChI=1S/C22H18N2O3/c1-15(16-7-9-18(10-8-16)17-5-3-2-4-6-17)23-24-22(25)19-11-12-20-21(13-19)27-14-26-20/h2-13H,14H2,1H3,(H,24,25). The molecule has 5 nitrogen and oxygen atoms in total. The van der Waals surface area contributed by atoms with Gasteiger partial charge in [-0.05, 0) is 41.8 Å². The quantitative estimate of drug-likeness (QED) is 0.561. The van der Waals surface area contributed by atoms with Gasteiger partial charge in [-0.3, -0.25) is 4.79 Å². The maximum absolute atomic E-state index is 12.3. The molecule has 0 radical (unpaired) electrons. The fraction of sp³-hybridized carbons (Fsp3) is 0.0909. The van der Waals surface area contributed by atoms with Crippen molar-refractivity contribution in [3.05, 3.63) is 83.9 Å². The molecule has 1 aliphatic heterocycles. The topological polar surface area (TPSA) is 59.9 Å². The Labute approximate surface area is 157 Å². The lowest BCUT2D eigenvalue weighted by molar-refractivity contribution is 0.0954. The van der Waals surface area contributed by atoms with Gasteiger partial charge in [-0.1, -0.05) is 54.6 Å². The van der Waals surface area contributed by atoms with Gasteiger partial charge < -0.3 is 9.47 Å². The summed E-state index contributed by atoms with van der Waals surface area (Å²) in [6.45, 7) is 2.04. The number of carbonyl (C=O) groups is 1. The number of ether oxygens (including phenoxy) is 2. The molecule has 0 bridgehead atoms. The lowest BCUT2D eigenvalue weighted by Crippen LogP contribution is -2.19. The highest BCUT2D eigenvalue weighted by Crippen LogP contribution is 2.32. The molecule has 1 heterocycles. The summed E-state index contributed by atoms with van der Waals surface area (Å²) >= 11 is 0. The molecule has 0 spiro atoms. The van der Waals surface area contributed by atoms with Crippen LogP contribution in [0.3, 0.4) is 0 Å². The van der Waals surface area contributed by atoms with Crippen LogP contribution in [0.5, 0.6) is 11.5 Å². The molecule has 0 aromatic heterocycles. The average molecular weight is 358 g/mol. The second-order valence-electron chi connectivity index (χ2n) is 6.15. The molecule has 27 heavy (non-hydrogen) atoms. The van der Waals surface area contributed by atoms with Crippen molar-refractivity contribution >= 4 is 11.6 Å². The number of benzene rings is 3. The molecule has 3 aromatic rings. The van der Waals surface area contributed by atoms with Gasteiger partial charge in [0, 0.05) is 5.56 Å². The Morgan fingerprint density at radius 2 is 1.52 bits per heavy atom. The molecule has 3 aromatic carbocycles. The number of nitrogens with zero attached hydrogens (tertiary/aromatic N) is 1. The zero-order chi connectivity index (χ0) is 18.6. The molecule has 0 saturated heterocycles. The fourth-order valence-electron chi connectivity index (χ4n) is 2.84. The van der Waals surface area contributed by atoms with Gasteiger partial charge in [0.2, 0.25) is 6.79 Å². The number of hydrazone groups is 1. The molecule has 0 unspecified atom stereocenters. The largest absolute Gasteiger partial charge is 0.454 e. The van der Waals surface area contributed by atoms with E-state index in [2.05, 4.69) is 22.7 Å². The first-order valence-corrected chi connectivity index (χ1v) is 8.61. The third-order valence-corrected chi connectivity index (χ3v) is 4.37. The van der Waals surface area contributed by atoms with Gasteiger partial charge in [-0.15, -0.1) is 0 Å². The Kier molecular flexibility index (Phi) is 4.58. The van der Waals surface area contributed by atoms with Crippen molar-refractivity contribution in [2.75, 3.05) is 6.79 Å². The van der Waals surface area contributed by atoms with Crippen LogP contribution in [0.4, 0.5) is 0 Å². The van der Waals surface area contributed by atoms with Crippen molar-refractivity contribution in [2.24, 2.45) is 5.10 Å². The maximum Gasteiger partial charge on any atom is 0.271 e. The molecular formula is C22H18N2O3. The van der Waals surface area contributed by atoms with Gasteiger partial charge in [-0.2, -0.15) is 5.10 Å². The number of nitrogens with one attached hydrogen (secondary N) is 1. The molecule has 134 valence electrons. The molecule has 0 atom stereocenters. The summed E-state index contributed by atoms with van der Waals surface area (Å²) in [5.74, 6) is 0.915. The zero-order valence-electron chi connectivity index (χ0n) is 14.8. The Bertz CT molecular complexity index is 996. The summed E-state index contributed by atoms with van der Waals surface area (Å²) in [5.41, 5.74) is 7.02. The van der Waals surface area contributed by atoms with Crippen LogP contribution in [0.15, 0.2) is 77.9 Å². The highest BCUT2D eigenvalue weighted by Gasteiger charge is 2.16. The summed E-state index contributed by atoms with van der Waals surface area (Å²) in [6, 6.07) is 23.3. The van der Waals surface area contributed by atoms with Crippen molar-refractivity contribution in [1.82, 2.24) is 5.43 Å². The maximum atomic E-state index is 12.3. The minimum absolute atomic E-state index is 0.177. The van der Waals surface area contributed by atoms with Gasteiger partial charge >= 0.3 is 0 Å². The summed E-state index contributed by atoms with van der Waals surface area (Å²) < 4.78 is 10.5. The van der Waals surface area contributed by atoms with Crippen molar-refractivity contribution < 1.29 is 14.3 Å². The van der Waals surface area contributed by atoms with E-state index < -0.39 is 0 Å². The predicted molar refractivity (Wildman–Crippen MR) is 104 cm³/mol. The van der Waals surface area contributed by atoms with E-state index >= 15 is 0 Å². The Morgan fingerprint density at radius 3 is 2.30 bits per heavy atom. The normalized spacial score (nSPS) is 12.7. The van der Waals surface area contributed by atoms with E-state index in [1.807, 2.05) is 49.4 Å². The summed E-state index contributed by atoms with van der Waals surface area (Å²) in [5, 5.41) is 4.21. The molecule has 1 N–H and O–H groups in total. The van der Waals surface area contributed by atoms with Crippen LogP contribution in [-0.4, -0.2) is 18.4 Å². The summed E-state index contributed by atoms with van der Waals surface area (Å²) in [4.78, 5) is 12.3. The molecule has 0 aliphatic carbocycles. The molecule has 1 amide bonds. The van der Waals surface area contributed by atoms with Gasteiger partial charge in [-0.25, -0.2) is 5.43 Å². The number of carbonyl (C=O) groups excluding carboxylic acids is 1. The number of amides is 1. The van der Waals surface area contributed by atoms with Crippen molar-refractivity contribution in [3.63, 3.8) is 0 Å². The highest BCUT2D eigenvalue weighted by atomic mass is 16.7. The van der Waals surface area contributed by atoms with Crippen molar-refractivity contribution in [3.8, 4) is 22.6 Å². The average Bonchev–Trinajstić information content (AvgIpc) is 3.20. The van der Waals surface area contributed by atoms with E-state index in [1.54, 1.807) is 18.2 Å². The monoisotopic (exact) mass is 358 g/mol. The molecule has 0 saturated carbocycles. The van der Waals surface area contributed by atoms with Crippen LogP contribution in [0.25, 0.3) is 11.1 Å². The summed E-state index contributed by atoms with van der Waals surface area (Å²) in [6.07, 6.45) is 0. The van der Waals surface area contributed by atoms with Crippen LogP contribution in [-0.2, 0) is 0 Å².